The third-order valence-corrected chi connectivity index (χ3v) is 3.33. The Morgan fingerprint density at radius 1 is 1.04 bits per heavy atom. The Morgan fingerprint density at radius 2 is 1.69 bits per heavy atom. The largest absolute Gasteiger partial charge is 0.497 e. The van der Waals surface area contributed by atoms with E-state index < -0.39 is 24.4 Å². The molecule has 2 amide bonds. The Labute approximate surface area is 150 Å². The van der Waals surface area contributed by atoms with Gasteiger partial charge in [0.15, 0.2) is 6.61 Å². The number of carbonyl (C=O) groups excluding carboxylic acids is 3. The molecule has 0 bridgehead atoms. The quantitative estimate of drug-likeness (QED) is 0.584. The Kier molecular flexibility index (Phi) is 6.50. The van der Waals surface area contributed by atoms with Crippen LogP contribution in [0.2, 0.25) is 0 Å². The smallest absolute Gasteiger partial charge is 0.331 e. The molecule has 0 aliphatic carbocycles. The predicted octanol–water partition coefficient (Wildman–Crippen LogP) is 1.99. The van der Waals surface area contributed by atoms with Gasteiger partial charge in [0, 0.05) is 17.3 Å². The first-order valence-electron chi connectivity index (χ1n) is 7.66. The average molecular weight is 354 g/mol. The number of ether oxygens (including phenoxy) is 2. The third kappa shape index (κ3) is 5.79. The van der Waals surface area contributed by atoms with E-state index >= 15 is 0 Å². The zero-order chi connectivity index (χ0) is 18.9. The second-order valence-corrected chi connectivity index (χ2v) is 5.20. The number of anilines is 1. The van der Waals surface area contributed by atoms with Gasteiger partial charge in [0.05, 0.1) is 7.11 Å². The first-order chi connectivity index (χ1) is 12.5. The van der Waals surface area contributed by atoms with Crippen LogP contribution >= 0.6 is 0 Å². The highest BCUT2D eigenvalue weighted by Gasteiger charge is 2.06. The van der Waals surface area contributed by atoms with Crippen molar-refractivity contribution in [1.82, 2.24) is 0 Å². The lowest BCUT2D eigenvalue weighted by atomic mass is 10.2. The highest BCUT2D eigenvalue weighted by atomic mass is 16.5. The van der Waals surface area contributed by atoms with Crippen molar-refractivity contribution in [1.29, 1.82) is 0 Å². The van der Waals surface area contributed by atoms with Gasteiger partial charge in [0.25, 0.3) is 5.91 Å². The normalized spacial score (nSPS) is 10.3. The summed E-state index contributed by atoms with van der Waals surface area (Å²) >= 11 is 0. The van der Waals surface area contributed by atoms with E-state index in [1.165, 1.54) is 30.3 Å². The molecule has 2 rings (SSSR count). The minimum Gasteiger partial charge on any atom is -0.497 e. The Morgan fingerprint density at radius 3 is 2.27 bits per heavy atom. The van der Waals surface area contributed by atoms with Gasteiger partial charge < -0.3 is 20.5 Å². The molecule has 134 valence electrons. The van der Waals surface area contributed by atoms with Crippen LogP contribution in [0.25, 0.3) is 6.08 Å². The van der Waals surface area contributed by atoms with Gasteiger partial charge in [-0.3, -0.25) is 9.59 Å². The van der Waals surface area contributed by atoms with E-state index in [0.29, 0.717) is 17.0 Å². The highest BCUT2D eigenvalue weighted by molar-refractivity contribution is 5.96. The fourth-order valence-corrected chi connectivity index (χ4v) is 1.98. The molecule has 0 spiro atoms. The van der Waals surface area contributed by atoms with Crippen LogP contribution in [0.15, 0.2) is 54.6 Å². The summed E-state index contributed by atoms with van der Waals surface area (Å²) in [7, 11) is 1.57. The number of hydrogen-bond donors (Lipinski definition) is 2. The number of rotatable bonds is 7. The van der Waals surface area contributed by atoms with Gasteiger partial charge in [0.1, 0.15) is 5.75 Å². The van der Waals surface area contributed by atoms with Crippen molar-refractivity contribution < 1.29 is 23.9 Å². The Hall–Kier alpha value is -3.61. The summed E-state index contributed by atoms with van der Waals surface area (Å²) in [5.74, 6) is -0.978. The van der Waals surface area contributed by atoms with Crippen molar-refractivity contribution in [2.24, 2.45) is 5.73 Å². The van der Waals surface area contributed by atoms with Crippen LogP contribution in [0, 0.1) is 0 Å². The summed E-state index contributed by atoms with van der Waals surface area (Å²) in [6.45, 7) is -0.427. The molecule has 7 heteroatoms. The van der Waals surface area contributed by atoms with Gasteiger partial charge in [-0.25, -0.2) is 4.79 Å². The molecular weight excluding hydrogens is 336 g/mol. The topological polar surface area (TPSA) is 108 Å². The molecule has 2 aromatic rings. The van der Waals surface area contributed by atoms with Gasteiger partial charge in [0.2, 0.25) is 5.91 Å². The van der Waals surface area contributed by atoms with Crippen LogP contribution in [0.3, 0.4) is 0 Å². The second kappa shape index (κ2) is 9.03. The molecule has 0 aliphatic heterocycles. The SMILES string of the molecule is COc1ccc(C=CC(=O)OCC(=O)Nc2ccc(C(N)=O)cc2)cc1. The highest BCUT2D eigenvalue weighted by Crippen LogP contribution is 2.12. The van der Waals surface area contributed by atoms with Gasteiger partial charge in [-0.15, -0.1) is 0 Å². The molecule has 0 saturated carbocycles. The maximum atomic E-state index is 11.8. The van der Waals surface area contributed by atoms with Gasteiger partial charge in [-0.05, 0) is 48.0 Å². The summed E-state index contributed by atoms with van der Waals surface area (Å²) in [6.07, 6.45) is 2.80. The summed E-state index contributed by atoms with van der Waals surface area (Å²) < 4.78 is 9.91. The number of benzene rings is 2. The lowest BCUT2D eigenvalue weighted by molar-refractivity contribution is -0.142. The molecule has 0 aromatic heterocycles. The fraction of sp³-hybridized carbons (Fsp3) is 0.105. The maximum absolute atomic E-state index is 11.8. The molecule has 2 aromatic carbocycles. The Balaban J connectivity index is 1.79. The number of carbonyl (C=O) groups is 3. The van der Waals surface area contributed by atoms with E-state index in [4.69, 9.17) is 15.2 Å². The minimum atomic E-state index is -0.639. The molecule has 26 heavy (non-hydrogen) atoms. The van der Waals surface area contributed by atoms with E-state index in [9.17, 15) is 14.4 Å². The number of primary amides is 1. The first kappa shape index (κ1) is 18.7. The van der Waals surface area contributed by atoms with E-state index in [1.807, 2.05) is 0 Å². The molecule has 3 N–H and O–H groups in total. The summed E-state index contributed by atoms with van der Waals surface area (Å²) in [6, 6.07) is 13.1. The third-order valence-electron chi connectivity index (χ3n) is 3.33. The predicted molar refractivity (Wildman–Crippen MR) is 96.6 cm³/mol. The molecule has 0 atom stereocenters. The molecule has 0 heterocycles. The number of methoxy groups -OCH3 is 1. The number of amides is 2. The second-order valence-electron chi connectivity index (χ2n) is 5.20. The molecule has 0 saturated heterocycles. The van der Waals surface area contributed by atoms with Crippen LogP contribution in [0.1, 0.15) is 15.9 Å². The monoisotopic (exact) mass is 354 g/mol. The molecule has 0 fully saturated rings. The van der Waals surface area contributed by atoms with E-state index in [1.54, 1.807) is 37.5 Å². The molecule has 0 unspecified atom stereocenters. The van der Waals surface area contributed by atoms with Crippen molar-refractivity contribution in [2.45, 2.75) is 0 Å². The number of nitrogens with one attached hydrogen (secondary N) is 1. The Bertz CT molecular complexity index is 811. The van der Waals surface area contributed by atoms with Crippen LogP contribution in [-0.2, 0) is 14.3 Å². The van der Waals surface area contributed by atoms with Crippen LogP contribution < -0.4 is 15.8 Å². The van der Waals surface area contributed by atoms with Crippen molar-refractivity contribution in [3.63, 3.8) is 0 Å². The van der Waals surface area contributed by atoms with Crippen molar-refractivity contribution >= 4 is 29.5 Å². The first-order valence-corrected chi connectivity index (χ1v) is 7.66. The summed E-state index contributed by atoms with van der Waals surface area (Å²) in [5, 5.41) is 2.54. The van der Waals surface area contributed by atoms with Crippen molar-refractivity contribution in [3.05, 3.63) is 65.7 Å². The molecular formula is C19H18N2O5. The van der Waals surface area contributed by atoms with Crippen molar-refractivity contribution in [2.75, 3.05) is 19.0 Å². The lowest BCUT2D eigenvalue weighted by Gasteiger charge is -2.06. The zero-order valence-electron chi connectivity index (χ0n) is 14.1. The van der Waals surface area contributed by atoms with E-state index in [-0.39, 0.29) is 0 Å². The average Bonchev–Trinajstić information content (AvgIpc) is 2.65. The molecule has 0 aliphatic rings. The minimum absolute atomic E-state index is 0.332. The van der Waals surface area contributed by atoms with Gasteiger partial charge in [-0.2, -0.15) is 0 Å². The van der Waals surface area contributed by atoms with Gasteiger partial charge >= 0.3 is 5.97 Å². The number of hydrogen-bond acceptors (Lipinski definition) is 5. The van der Waals surface area contributed by atoms with Gasteiger partial charge in [-0.1, -0.05) is 12.1 Å². The summed E-state index contributed by atoms with van der Waals surface area (Å²) in [4.78, 5) is 34.4. The van der Waals surface area contributed by atoms with E-state index in [2.05, 4.69) is 5.32 Å². The standard InChI is InChI=1S/C19H18N2O5/c1-25-16-9-2-13(3-10-16)4-11-18(23)26-12-17(22)21-15-7-5-14(6-8-15)19(20)24/h2-11H,12H2,1H3,(H2,20,24)(H,21,22). The van der Waals surface area contributed by atoms with E-state index in [0.717, 1.165) is 5.56 Å². The van der Waals surface area contributed by atoms with Crippen LogP contribution in [-0.4, -0.2) is 31.5 Å². The summed E-state index contributed by atoms with van der Waals surface area (Å²) in [5.41, 5.74) is 6.72. The maximum Gasteiger partial charge on any atom is 0.331 e. The van der Waals surface area contributed by atoms with Crippen LogP contribution in [0.4, 0.5) is 5.69 Å². The van der Waals surface area contributed by atoms with Crippen LogP contribution in [0.5, 0.6) is 5.75 Å². The van der Waals surface area contributed by atoms with Crippen molar-refractivity contribution in [3.8, 4) is 5.75 Å². The molecule has 0 radical (unpaired) electrons. The lowest BCUT2D eigenvalue weighted by Crippen LogP contribution is -2.20. The molecule has 7 nitrogen and oxygen atoms in total. The fourth-order valence-electron chi connectivity index (χ4n) is 1.98. The zero-order valence-corrected chi connectivity index (χ0v) is 14.1. The number of esters is 1. The number of nitrogens with two attached hydrogens (primary N) is 1.